The average Bonchev–Trinajstić information content (AvgIpc) is 3.79. The number of rotatable bonds is 4. The van der Waals surface area contributed by atoms with Gasteiger partial charge in [0.2, 0.25) is 0 Å². The molecule has 0 radical (unpaired) electrons. The van der Waals surface area contributed by atoms with Gasteiger partial charge in [0.25, 0.3) is 0 Å². The summed E-state index contributed by atoms with van der Waals surface area (Å²) in [6, 6.07) is 66.9. The Morgan fingerprint density at radius 1 is 0.250 bits per heavy atom. The van der Waals surface area contributed by atoms with Gasteiger partial charge in [0.05, 0.1) is 33.1 Å². The van der Waals surface area contributed by atoms with Gasteiger partial charge in [-0.3, -0.25) is 0 Å². The first-order valence-corrected chi connectivity index (χ1v) is 19.0. The van der Waals surface area contributed by atoms with E-state index >= 15 is 0 Å². The Labute approximate surface area is 321 Å². The quantitative estimate of drug-likeness (QED) is 0.182. The third-order valence-electron chi connectivity index (χ3n) is 11.3. The Balaban J connectivity index is 1.14. The lowest BCUT2D eigenvalue weighted by molar-refractivity contribution is 1.07. The Morgan fingerprint density at radius 3 is 1.18 bits per heavy atom. The van der Waals surface area contributed by atoms with Crippen LogP contribution in [0, 0.1) is 0 Å². The first kappa shape index (κ1) is 30.8. The molecule has 0 amide bonds. The molecule has 260 valence electrons. The average molecular weight is 714 g/mol. The van der Waals surface area contributed by atoms with Crippen molar-refractivity contribution in [2.45, 2.75) is 0 Å². The molecule has 5 heteroatoms. The zero-order chi connectivity index (χ0) is 36.7. The molecule has 4 aromatic heterocycles. The SMILES string of the molecule is c1ccc(-c2nc(-c3ccccc3)nc(-c3cccc(-c4ccc5c(c4)c4ccccc4n4c6ccccc6c6ccc7c8ccccc8n5c7c64)c3)n2)cc1. The van der Waals surface area contributed by atoms with Crippen LogP contribution in [0.1, 0.15) is 0 Å². The Hall–Kier alpha value is -7.63. The topological polar surface area (TPSA) is 47.5 Å². The molecule has 0 spiro atoms. The van der Waals surface area contributed by atoms with Crippen molar-refractivity contribution in [3.05, 3.63) is 188 Å². The lowest BCUT2D eigenvalue weighted by atomic mass is 9.99. The van der Waals surface area contributed by atoms with E-state index in [4.69, 9.17) is 15.0 Å². The van der Waals surface area contributed by atoms with Crippen LogP contribution in [-0.2, 0) is 0 Å². The third kappa shape index (κ3) is 4.52. The third-order valence-corrected chi connectivity index (χ3v) is 11.3. The van der Waals surface area contributed by atoms with Gasteiger partial charge >= 0.3 is 0 Å². The smallest absolute Gasteiger partial charge is 0.164 e. The van der Waals surface area contributed by atoms with E-state index in [-0.39, 0.29) is 0 Å². The van der Waals surface area contributed by atoms with Crippen LogP contribution in [0.3, 0.4) is 0 Å². The van der Waals surface area contributed by atoms with E-state index in [1.807, 2.05) is 60.7 Å². The Morgan fingerprint density at radius 2 is 0.643 bits per heavy atom. The van der Waals surface area contributed by atoms with E-state index in [9.17, 15) is 0 Å². The molecule has 0 aliphatic heterocycles. The van der Waals surface area contributed by atoms with Gasteiger partial charge < -0.3 is 8.80 Å². The van der Waals surface area contributed by atoms with Crippen LogP contribution in [0.5, 0.6) is 0 Å². The van der Waals surface area contributed by atoms with Crippen LogP contribution in [0.4, 0.5) is 0 Å². The van der Waals surface area contributed by atoms with Crippen LogP contribution in [0.2, 0.25) is 0 Å². The second kappa shape index (κ2) is 11.9. The summed E-state index contributed by atoms with van der Waals surface area (Å²) in [6.07, 6.45) is 0. The van der Waals surface area contributed by atoms with Crippen molar-refractivity contribution < 1.29 is 0 Å². The molecule has 12 aromatic rings. The summed E-state index contributed by atoms with van der Waals surface area (Å²) in [5, 5.41) is 7.36. The number of fused-ring (bicyclic) bond motifs is 11. The van der Waals surface area contributed by atoms with Crippen molar-refractivity contribution in [2.75, 3.05) is 0 Å². The van der Waals surface area contributed by atoms with E-state index in [0.29, 0.717) is 17.5 Å². The Kier molecular flexibility index (Phi) is 6.56. The highest BCUT2D eigenvalue weighted by Crippen LogP contribution is 2.42. The van der Waals surface area contributed by atoms with Crippen molar-refractivity contribution in [1.82, 2.24) is 23.8 Å². The van der Waals surface area contributed by atoms with Gasteiger partial charge in [0.15, 0.2) is 17.5 Å². The van der Waals surface area contributed by atoms with Crippen molar-refractivity contribution in [2.24, 2.45) is 0 Å². The van der Waals surface area contributed by atoms with Crippen molar-refractivity contribution in [1.29, 1.82) is 0 Å². The monoisotopic (exact) mass is 713 g/mol. The summed E-state index contributed by atoms with van der Waals surface area (Å²) in [5.41, 5.74) is 12.2. The molecular weight excluding hydrogens is 683 g/mol. The Bertz CT molecular complexity index is 3470. The van der Waals surface area contributed by atoms with E-state index in [1.165, 1.54) is 59.9 Å². The molecule has 12 rings (SSSR count). The second-order valence-electron chi connectivity index (χ2n) is 14.4. The number of hydrogen-bond acceptors (Lipinski definition) is 3. The van der Waals surface area contributed by atoms with Crippen molar-refractivity contribution >= 4 is 65.4 Å². The standard InChI is InChI=1S/C51H31N5/c1-3-14-32(15-4-1)49-52-50(33-16-5-2-6-17-33)54-51(53-49)36-19-13-18-34(30-36)35-26-29-46-42(31-35)39-22-9-12-25-45(39)55-43-23-10-7-20-37(43)40-27-28-41-38-21-8-11-24-44(38)56(46)48(41)47(40)55/h1-31H. The number of para-hydroxylation sites is 3. The second-order valence-corrected chi connectivity index (χ2v) is 14.4. The summed E-state index contributed by atoms with van der Waals surface area (Å²) >= 11 is 0. The van der Waals surface area contributed by atoms with E-state index in [1.54, 1.807) is 0 Å². The van der Waals surface area contributed by atoms with Crippen LogP contribution in [-0.4, -0.2) is 23.8 Å². The zero-order valence-corrected chi connectivity index (χ0v) is 30.1. The van der Waals surface area contributed by atoms with Gasteiger partial charge in [0, 0.05) is 49.0 Å². The zero-order valence-electron chi connectivity index (χ0n) is 30.1. The maximum absolute atomic E-state index is 5.03. The number of aromatic nitrogens is 5. The van der Waals surface area contributed by atoms with E-state index in [2.05, 4.69) is 136 Å². The summed E-state index contributed by atoms with van der Waals surface area (Å²) in [7, 11) is 0. The first-order valence-electron chi connectivity index (χ1n) is 19.0. The summed E-state index contributed by atoms with van der Waals surface area (Å²) in [4.78, 5) is 15.0. The maximum Gasteiger partial charge on any atom is 0.164 e. The molecule has 8 aromatic carbocycles. The largest absolute Gasteiger partial charge is 0.307 e. The summed E-state index contributed by atoms with van der Waals surface area (Å²) < 4.78 is 4.98. The van der Waals surface area contributed by atoms with Gasteiger partial charge in [-0.15, -0.1) is 0 Å². The minimum atomic E-state index is 0.637. The first-order chi connectivity index (χ1) is 27.8. The fourth-order valence-corrected chi connectivity index (χ4v) is 8.80. The molecular formula is C51H31N5. The predicted octanol–water partition coefficient (Wildman–Crippen LogP) is 12.8. The van der Waals surface area contributed by atoms with Gasteiger partial charge in [-0.1, -0.05) is 152 Å². The highest BCUT2D eigenvalue weighted by atomic mass is 15.0. The van der Waals surface area contributed by atoms with E-state index in [0.717, 1.165) is 33.3 Å². The van der Waals surface area contributed by atoms with E-state index < -0.39 is 0 Å². The fraction of sp³-hybridized carbons (Fsp3) is 0. The van der Waals surface area contributed by atoms with Crippen molar-refractivity contribution in [3.63, 3.8) is 0 Å². The molecule has 56 heavy (non-hydrogen) atoms. The lowest BCUT2D eigenvalue weighted by Crippen LogP contribution is -2.00. The van der Waals surface area contributed by atoms with Crippen LogP contribution in [0.15, 0.2) is 188 Å². The highest BCUT2D eigenvalue weighted by molar-refractivity contribution is 6.25. The molecule has 0 saturated heterocycles. The molecule has 0 atom stereocenters. The predicted molar refractivity (Wildman–Crippen MR) is 231 cm³/mol. The number of hydrogen-bond donors (Lipinski definition) is 0. The minimum Gasteiger partial charge on any atom is -0.307 e. The molecule has 0 N–H and O–H groups in total. The van der Waals surface area contributed by atoms with Crippen molar-refractivity contribution in [3.8, 4) is 45.3 Å². The summed E-state index contributed by atoms with van der Waals surface area (Å²) in [5.74, 6) is 1.93. The molecule has 0 fully saturated rings. The molecule has 0 saturated carbocycles. The van der Waals surface area contributed by atoms with Crippen LogP contribution < -0.4 is 0 Å². The lowest BCUT2D eigenvalue weighted by Gasteiger charge is -2.13. The highest BCUT2D eigenvalue weighted by Gasteiger charge is 2.20. The molecule has 0 aliphatic rings. The molecule has 5 nitrogen and oxygen atoms in total. The maximum atomic E-state index is 5.03. The van der Waals surface area contributed by atoms with Gasteiger partial charge in [-0.05, 0) is 47.5 Å². The van der Waals surface area contributed by atoms with Gasteiger partial charge in [0.1, 0.15) is 0 Å². The van der Waals surface area contributed by atoms with Crippen LogP contribution >= 0.6 is 0 Å². The number of benzene rings is 8. The summed E-state index contributed by atoms with van der Waals surface area (Å²) in [6.45, 7) is 0. The number of nitrogens with zero attached hydrogens (tertiary/aromatic N) is 5. The molecule has 0 unspecified atom stereocenters. The fourth-order valence-electron chi connectivity index (χ4n) is 8.80. The van der Waals surface area contributed by atoms with Gasteiger partial charge in [-0.25, -0.2) is 15.0 Å². The molecule has 4 heterocycles. The normalized spacial score (nSPS) is 11.9. The molecule has 0 bridgehead atoms. The molecule has 0 aliphatic carbocycles. The minimum absolute atomic E-state index is 0.637. The van der Waals surface area contributed by atoms with Crippen LogP contribution in [0.25, 0.3) is 111 Å². The van der Waals surface area contributed by atoms with Gasteiger partial charge in [-0.2, -0.15) is 0 Å².